The van der Waals surface area contributed by atoms with Crippen molar-refractivity contribution < 1.29 is 5.11 Å². The Kier molecular flexibility index (Phi) is 4.31. The minimum absolute atomic E-state index is 0.530. The van der Waals surface area contributed by atoms with Gasteiger partial charge in [0.2, 0.25) is 0 Å². The van der Waals surface area contributed by atoms with Crippen LogP contribution in [-0.2, 0) is 6.42 Å². The zero-order valence-electron chi connectivity index (χ0n) is 10.9. The lowest BCUT2D eigenvalue weighted by Crippen LogP contribution is -2.46. The Labute approximate surface area is 104 Å². The smallest absolute Gasteiger partial charge is 0.0867 e. The Hall–Kier alpha value is -1.33. The van der Waals surface area contributed by atoms with Crippen LogP contribution in [0.2, 0.25) is 0 Å². The topological polar surface area (TPSA) is 44.0 Å². The molecule has 0 bridgehead atoms. The molecule has 0 amide bonds. The Morgan fingerprint density at radius 2 is 1.76 bits per heavy atom. The van der Waals surface area contributed by atoms with Crippen molar-refractivity contribution in [2.45, 2.75) is 45.6 Å². The van der Waals surface area contributed by atoms with Gasteiger partial charge in [0.15, 0.2) is 0 Å². The highest BCUT2D eigenvalue weighted by atomic mass is 16.3. The molecule has 0 fully saturated rings. The van der Waals surface area contributed by atoms with Gasteiger partial charge in [-0.3, -0.25) is 0 Å². The molecule has 0 heterocycles. The van der Waals surface area contributed by atoms with E-state index in [-0.39, 0.29) is 0 Å². The van der Waals surface area contributed by atoms with E-state index in [9.17, 15) is 10.4 Å². The third-order valence-corrected chi connectivity index (χ3v) is 3.91. The molecule has 0 saturated heterocycles. The predicted molar refractivity (Wildman–Crippen MR) is 69.4 cm³/mol. The summed E-state index contributed by atoms with van der Waals surface area (Å²) in [6, 6.07) is 12.2. The first kappa shape index (κ1) is 13.7. The second-order valence-corrected chi connectivity index (χ2v) is 4.84. The summed E-state index contributed by atoms with van der Waals surface area (Å²) in [5, 5.41) is 20.1. The largest absolute Gasteiger partial charge is 0.388 e. The van der Waals surface area contributed by atoms with Crippen molar-refractivity contribution in [2.75, 3.05) is 0 Å². The third-order valence-electron chi connectivity index (χ3n) is 3.91. The molecule has 1 aromatic carbocycles. The van der Waals surface area contributed by atoms with Gasteiger partial charge in [-0.1, -0.05) is 44.2 Å². The maximum Gasteiger partial charge on any atom is 0.0867 e. The van der Waals surface area contributed by atoms with E-state index < -0.39 is 11.0 Å². The van der Waals surface area contributed by atoms with Gasteiger partial charge in [-0.25, -0.2) is 0 Å². The van der Waals surface area contributed by atoms with Crippen molar-refractivity contribution in [1.82, 2.24) is 0 Å². The average Bonchev–Trinajstić information content (AvgIpc) is 2.38. The second kappa shape index (κ2) is 5.33. The fourth-order valence-corrected chi connectivity index (χ4v) is 2.16. The first-order chi connectivity index (χ1) is 8.01. The van der Waals surface area contributed by atoms with Gasteiger partial charge in [0.25, 0.3) is 0 Å². The van der Waals surface area contributed by atoms with Gasteiger partial charge in [-0.15, -0.1) is 0 Å². The minimum atomic E-state index is -0.960. The van der Waals surface area contributed by atoms with Crippen molar-refractivity contribution in [1.29, 1.82) is 5.26 Å². The van der Waals surface area contributed by atoms with Gasteiger partial charge >= 0.3 is 0 Å². The first-order valence-electron chi connectivity index (χ1n) is 6.19. The maximum atomic E-state index is 10.8. The lowest BCUT2D eigenvalue weighted by molar-refractivity contribution is -0.0518. The van der Waals surface area contributed by atoms with Crippen molar-refractivity contribution in [3.63, 3.8) is 0 Å². The highest BCUT2D eigenvalue weighted by Crippen LogP contribution is 2.39. The van der Waals surface area contributed by atoms with Crippen molar-refractivity contribution >= 4 is 0 Å². The number of hydrogen-bond acceptors (Lipinski definition) is 2. The summed E-state index contributed by atoms with van der Waals surface area (Å²) < 4.78 is 0. The average molecular weight is 231 g/mol. The molecule has 17 heavy (non-hydrogen) atoms. The molecule has 0 spiro atoms. The van der Waals surface area contributed by atoms with E-state index in [1.54, 1.807) is 0 Å². The fraction of sp³-hybridized carbons (Fsp3) is 0.533. The van der Waals surface area contributed by atoms with E-state index in [0.29, 0.717) is 19.3 Å². The molecule has 2 atom stereocenters. The van der Waals surface area contributed by atoms with Crippen LogP contribution in [0, 0.1) is 16.7 Å². The molecular formula is C15H21NO. The van der Waals surface area contributed by atoms with Gasteiger partial charge in [0, 0.05) is 6.42 Å². The monoisotopic (exact) mass is 231 g/mol. The van der Waals surface area contributed by atoms with Crippen molar-refractivity contribution in [3.05, 3.63) is 35.9 Å². The van der Waals surface area contributed by atoms with E-state index in [1.807, 2.05) is 51.1 Å². The molecule has 0 aliphatic carbocycles. The highest BCUT2D eigenvalue weighted by molar-refractivity contribution is 5.20. The summed E-state index contributed by atoms with van der Waals surface area (Å²) in [6.45, 7) is 5.74. The van der Waals surface area contributed by atoms with Crippen LogP contribution in [-0.4, -0.2) is 10.7 Å². The molecule has 1 aromatic rings. The van der Waals surface area contributed by atoms with Crippen LogP contribution in [0.25, 0.3) is 0 Å². The first-order valence-corrected chi connectivity index (χ1v) is 6.19. The lowest BCUT2D eigenvalue weighted by Gasteiger charge is -2.39. The molecule has 0 aliphatic heterocycles. The van der Waals surface area contributed by atoms with Crippen molar-refractivity contribution in [2.24, 2.45) is 5.41 Å². The van der Waals surface area contributed by atoms with Crippen molar-refractivity contribution in [3.8, 4) is 6.07 Å². The number of aliphatic hydroxyl groups is 1. The minimum Gasteiger partial charge on any atom is -0.388 e. The molecule has 2 unspecified atom stereocenters. The van der Waals surface area contributed by atoms with Crippen LogP contribution in [0.3, 0.4) is 0 Å². The van der Waals surface area contributed by atoms with Gasteiger partial charge < -0.3 is 5.11 Å². The summed E-state index contributed by atoms with van der Waals surface area (Å²) in [6.07, 6.45) is 1.77. The van der Waals surface area contributed by atoms with Gasteiger partial charge in [-0.05, 0) is 25.3 Å². The van der Waals surface area contributed by atoms with E-state index in [4.69, 9.17) is 0 Å². The summed E-state index contributed by atoms with van der Waals surface area (Å²) in [5.41, 5.74) is -0.582. The number of hydrogen-bond donors (Lipinski definition) is 1. The summed E-state index contributed by atoms with van der Waals surface area (Å²) in [4.78, 5) is 0. The SMILES string of the molecule is CCC(C)(C#N)C(O)(CC)Cc1ccccc1. The molecule has 92 valence electrons. The van der Waals surface area contributed by atoms with E-state index in [2.05, 4.69) is 6.07 Å². The number of rotatable bonds is 5. The zero-order valence-corrected chi connectivity index (χ0v) is 10.9. The number of benzene rings is 1. The Balaban J connectivity index is 3.02. The Morgan fingerprint density at radius 1 is 1.18 bits per heavy atom. The predicted octanol–water partition coefficient (Wildman–Crippen LogP) is 3.31. The van der Waals surface area contributed by atoms with E-state index in [0.717, 1.165) is 5.56 Å². The number of nitrogens with zero attached hydrogens (tertiary/aromatic N) is 1. The van der Waals surface area contributed by atoms with Crippen LogP contribution < -0.4 is 0 Å². The van der Waals surface area contributed by atoms with E-state index in [1.165, 1.54) is 0 Å². The van der Waals surface area contributed by atoms with Crippen LogP contribution in [0.15, 0.2) is 30.3 Å². The molecule has 1 N–H and O–H groups in total. The molecule has 0 aromatic heterocycles. The Morgan fingerprint density at radius 3 is 2.18 bits per heavy atom. The van der Waals surface area contributed by atoms with Crippen LogP contribution >= 0.6 is 0 Å². The standard InChI is InChI=1S/C15H21NO/c1-4-14(3,12-16)15(17,5-2)11-13-9-7-6-8-10-13/h6-10,17H,4-5,11H2,1-3H3. The molecule has 2 nitrogen and oxygen atoms in total. The molecule has 0 aliphatic rings. The van der Waals surface area contributed by atoms with Crippen LogP contribution in [0.4, 0.5) is 0 Å². The Bertz CT molecular complexity index is 395. The normalized spacial score (nSPS) is 17.8. The third kappa shape index (κ3) is 2.68. The van der Waals surface area contributed by atoms with Crippen LogP contribution in [0.1, 0.15) is 39.2 Å². The number of nitriles is 1. The van der Waals surface area contributed by atoms with Gasteiger partial charge in [0.1, 0.15) is 0 Å². The fourth-order valence-electron chi connectivity index (χ4n) is 2.16. The van der Waals surface area contributed by atoms with Gasteiger partial charge in [0.05, 0.1) is 17.1 Å². The molecule has 1 rings (SSSR count). The molecule has 0 radical (unpaired) electrons. The highest BCUT2D eigenvalue weighted by Gasteiger charge is 2.44. The summed E-state index contributed by atoms with van der Waals surface area (Å²) in [7, 11) is 0. The zero-order chi connectivity index (χ0) is 12.9. The molecule has 2 heteroatoms. The maximum absolute atomic E-state index is 10.8. The van der Waals surface area contributed by atoms with Crippen LogP contribution in [0.5, 0.6) is 0 Å². The second-order valence-electron chi connectivity index (χ2n) is 4.84. The lowest BCUT2D eigenvalue weighted by atomic mass is 9.68. The van der Waals surface area contributed by atoms with Gasteiger partial charge in [-0.2, -0.15) is 5.26 Å². The molecular weight excluding hydrogens is 210 g/mol. The quantitative estimate of drug-likeness (QED) is 0.845. The summed E-state index contributed by atoms with van der Waals surface area (Å²) >= 11 is 0. The summed E-state index contributed by atoms with van der Waals surface area (Å²) in [5.74, 6) is 0. The molecule has 0 saturated carbocycles. The van der Waals surface area contributed by atoms with E-state index >= 15 is 0 Å².